The van der Waals surface area contributed by atoms with Crippen molar-refractivity contribution >= 4 is 11.1 Å². The van der Waals surface area contributed by atoms with E-state index in [-0.39, 0.29) is 11.6 Å². The summed E-state index contributed by atoms with van der Waals surface area (Å²) in [6.45, 7) is 0. The SMILES string of the molecule is O=S(O)Cc1cccc(-c2ccc(-n3cc(C(F)(F)F)nc3-c3ccccc3C(F)(F)F)nc2)c1. The van der Waals surface area contributed by atoms with E-state index in [0.717, 1.165) is 22.8 Å². The molecule has 0 amide bonds. The molecule has 1 atom stereocenters. The third-order valence-electron chi connectivity index (χ3n) is 5.01. The monoisotopic (exact) mass is 511 g/mol. The first-order chi connectivity index (χ1) is 16.4. The lowest BCUT2D eigenvalue weighted by Crippen LogP contribution is -2.09. The molecule has 0 saturated heterocycles. The largest absolute Gasteiger partial charge is 0.434 e. The number of hydrogen-bond donors (Lipinski definition) is 1. The van der Waals surface area contributed by atoms with Gasteiger partial charge in [0, 0.05) is 23.5 Å². The molecule has 0 bridgehead atoms. The minimum atomic E-state index is -4.89. The molecule has 4 aromatic rings. The molecule has 0 aliphatic rings. The fraction of sp³-hybridized carbons (Fsp3) is 0.130. The molecule has 1 unspecified atom stereocenters. The highest BCUT2D eigenvalue weighted by molar-refractivity contribution is 7.78. The summed E-state index contributed by atoms with van der Waals surface area (Å²) in [5, 5.41) is 0. The summed E-state index contributed by atoms with van der Waals surface area (Å²) in [4.78, 5) is 7.62. The molecule has 2 heterocycles. The molecular weight excluding hydrogens is 496 g/mol. The van der Waals surface area contributed by atoms with Crippen molar-refractivity contribution in [2.24, 2.45) is 0 Å². The Balaban J connectivity index is 1.80. The van der Waals surface area contributed by atoms with E-state index in [1.807, 2.05) is 0 Å². The van der Waals surface area contributed by atoms with Crippen LogP contribution in [-0.4, -0.2) is 23.3 Å². The van der Waals surface area contributed by atoms with Crippen LogP contribution in [0.4, 0.5) is 26.3 Å². The molecule has 12 heteroatoms. The van der Waals surface area contributed by atoms with Crippen molar-refractivity contribution in [2.75, 3.05) is 0 Å². The Morgan fingerprint density at radius 3 is 2.26 bits per heavy atom. The van der Waals surface area contributed by atoms with Gasteiger partial charge in [0.25, 0.3) is 0 Å². The maximum atomic E-state index is 13.6. The highest BCUT2D eigenvalue weighted by Gasteiger charge is 2.38. The molecule has 5 nitrogen and oxygen atoms in total. The van der Waals surface area contributed by atoms with E-state index in [0.29, 0.717) is 22.9 Å². The zero-order valence-corrected chi connectivity index (χ0v) is 18.3. The van der Waals surface area contributed by atoms with Gasteiger partial charge in [0.05, 0.1) is 11.3 Å². The average molecular weight is 511 g/mol. The number of hydrogen-bond acceptors (Lipinski definition) is 3. The summed E-state index contributed by atoms with van der Waals surface area (Å²) in [5.41, 5.74) is -1.24. The zero-order valence-electron chi connectivity index (χ0n) is 17.5. The first-order valence-corrected chi connectivity index (χ1v) is 11.2. The van der Waals surface area contributed by atoms with Crippen LogP contribution < -0.4 is 0 Å². The number of pyridine rings is 1. The Bertz CT molecular complexity index is 1380. The van der Waals surface area contributed by atoms with E-state index in [1.54, 1.807) is 24.3 Å². The first kappa shape index (κ1) is 24.6. The summed E-state index contributed by atoms with van der Waals surface area (Å²) >= 11 is -2.04. The fourth-order valence-corrected chi connectivity index (χ4v) is 3.95. The van der Waals surface area contributed by atoms with Crippen LogP contribution in [0.1, 0.15) is 16.8 Å². The Morgan fingerprint density at radius 2 is 1.63 bits per heavy atom. The predicted molar refractivity (Wildman–Crippen MR) is 117 cm³/mol. The van der Waals surface area contributed by atoms with E-state index in [1.165, 1.54) is 24.4 Å². The molecule has 0 saturated carbocycles. The molecule has 0 aliphatic carbocycles. The normalized spacial score (nSPS) is 13.1. The Hall–Kier alpha value is -3.51. The molecule has 0 spiro atoms. The summed E-state index contributed by atoms with van der Waals surface area (Å²) < 4.78 is 102. The molecule has 4 rings (SSSR count). The average Bonchev–Trinajstić information content (AvgIpc) is 3.24. The van der Waals surface area contributed by atoms with Gasteiger partial charge in [-0.15, -0.1) is 0 Å². The van der Waals surface area contributed by atoms with E-state index in [9.17, 15) is 30.6 Å². The molecule has 0 radical (unpaired) electrons. The molecule has 2 aromatic carbocycles. The lowest BCUT2D eigenvalue weighted by Gasteiger charge is -2.14. The molecule has 35 heavy (non-hydrogen) atoms. The van der Waals surface area contributed by atoms with Crippen LogP contribution in [0.25, 0.3) is 28.3 Å². The number of halogens is 6. The highest BCUT2D eigenvalue weighted by Crippen LogP contribution is 2.39. The van der Waals surface area contributed by atoms with Gasteiger partial charge in [-0.25, -0.2) is 14.2 Å². The lowest BCUT2D eigenvalue weighted by atomic mass is 10.1. The second-order valence-electron chi connectivity index (χ2n) is 7.43. The Labute approximate surface area is 197 Å². The minimum absolute atomic E-state index is 0.0728. The van der Waals surface area contributed by atoms with Gasteiger partial charge in [0.1, 0.15) is 11.6 Å². The standard InChI is InChI=1S/C23H15F6N3O2S/c24-22(25,26)18-7-2-1-6-17(18)21-31-19(23(27,28)29)12-32(21)20-9-8-16(11-30-20)15-5-3-4-14(10-15)13-35(33)34/h1-12H,13H2,(H,33,34). The smallest absolute Gasteiger partial charge is 0.306 e. The van der Waals surface area contributed by atoms with E-state index in [2.05, 4.69) is 9.97 Å². The Morgan fingerprint density at radius 1 is 0.886 bits per heavy atom. The zero-order chi connectivity index (χ0) is 25.4. The summed E-state index contributed by atoms with van der Waals surface area (Å²) in [6.07, 6.45) is -7.76. The van der Waals surface area contributed by atoms with Gasteiger partial charge in [0.15, 0.2) is 16.8 Å². The van der Waals surface area contributed by atoms with Crippen LogP contribution in [0.15, 0.2) is 73.1 Å². The number of imidazole rings is 1. The highest BCUT2D eigenvalue weighted by atomic mass is 32.2. The number of nitrogens with zero attached hydrogens (tertiary/aromatic N) is 3. The number of aromatic nitrogens is 3. The van der Waals surface area contributed by atoms with E-state index >= 15 is 0 Å². The van der Waals surface area contributed by atoms with Crippen molar-refractivity contribution < 1.29 is 35.1 Å². The second-order valence-corrected chi connectivity index (χ2v) is 8.36. The van der Waals surface area contributed by atoms with Gasteiger partial charge in [-0.3, -0.25) is 4.57 Å². The van der Waals surface area contributed by atoms with Crippen LogP contribution in [0.5, 0.6) is 0 Å². The minimum Gasteiger partial charge on any atom is -0.306 e. The summed E-state index contributed by atoms with van der Waals surface area (Å²) in [6, 6.07) is 13.8. The van der Waals surface area contributed by atoms with Crippen molar-refractivity contribution in [3.63, 3.8) is 0 Å². The van der Waals surface area contributed by atoms with Gasteiger partial charge in [-0.1, -0.05) is 42.5 Å². The van der Waals surface area contributed by atoms with Crippen LogP contribution in [0.3, 0.4) is 0 Å². The number of rotatable bonds is 5. The fourth-order valence-electron chi connectivity index (χ4n) is 3.49. The van der Waals surface area contributed by atoms with E-state index in [4.69, 9.17) is 4.55 Å². The maximum Gasteiger partial charge on any atom is 0.434 e. The Kier molecular flexibility index (Phi) is 6.52. The van der Waals surface area contributed by atoms with Crippen LogP contribution in [0.2, 0.25) is 0 Å². The van der Waals surface area contributed by atoms with Crippen molar-refractivity contribution in [3.05, 3.63) is 89.9 Å². The van der Waals surface area contributed by atoms with Crippen LogP contribution in [-0.2, 0) is 29.2 Å². The molecule has 0 fully saturated rings. The third-order valence-corrected chi connectivity index (χ3v) is 5.60. The predicted octanol–water partition coefficient (Wildman–Crippen LogP) is 6.36. The maximum absolute atomic E-state index is 13.6. The van der Waals surface area contributed by atoms with Crippen molar-refractivity contribution in [2.45, 2.75) is 18.1 Å². The van der Waals surface area contributed by atoms with Gasteiger partial charge >= 0.3 is 12.4 Å². The summed E-state index contributed by atoms with van der Waals surface area (Å²) in [7, 11) is 0. The van der Waals surface area contributed by atoms with Gasteiger partial charge in [0.2, 0.25) is 0 Å². The van der Waals surface area contributed by atoms with Crippen molar-refractivity contribution in [3.8, 4) is 28.3 Å². The first-order valence-electron chi connectivity index (χ1n) is 9.90. The molecule has 1 N–H and O–H groups in total. The van der Waals surface area contributed by atoms with E-state index < -0.39 is 46.1 Å². The van der Waals surface area contributed by atoms with Crippen molar-refractivity contribution in [1.29, 1.82) is 0 Å². The number of benzene rings is 2. The summed E-state index contributed by atoms with van der Waals surface area (Å²) in [5.74, 6) is -0.717. The second kappa shape index (κ2) is 9.27. The molecular formula is C23H15F6N3O2S. The van der Waals surface area contributed by atoms with Gasteiger partial charge < -0.3 is 4.55 Å². The molecule has 182 valence electrons. The lowest BCUT2D eigenvalue weighted by molar-refractivity contribution is -0.140. The van der Waals surface area contributed by atoms with Crippen LogP contribution >= 0.6 is 0 Å². The number of alkyl halides is 6. The van der Waals surface area contributed by atoms with Gasteiger partial charge in [-0.2, -0.15) is 26.3 Å². The quantitative estimate of drug-likeness (QED) is 0.250. The van der Waals surface area contributed by atoms with Gasteiger partial charge in [-0.05, 0) is 29.3 Å². The van der Waals surface area contributed by atoms with Crippen LogP contribution in [0, 0.1) is 0 Å². The van der Waals surface area contributed by atoms with Crippen molar-refractivity contribution in [1.82, 2.24) is 14.5 Å². The molecule has 2 aromatic heterocycles. The topological polar surface area (TPSA) is 68.0 Å². The third kappa shape index (κ3) is 5.43. The molecule has 0 aliphatic heterocycles.